The van der Waals surface area contributed by atoms with Crippen LogP contribution in [0, 0.1) is 0 Å². The quantitative estimate of drug-likeness (QED) is 0.896. The van der Waals surface area contributed by atoms with Crippen molar-refractivity contribution >= 4 is 31.9 Å². The van der Waals surface area contributed by atoms with E-state index in [4.69, 9.17) is 0 Å². The number of sulfonamides is 1. The number of rotatable bonds is 3. The minimum atomic E-state index is -3.60. The number of benzene rings is 1. The summed E-state index contributed by atoms with van der Waals surface area (Å²) in [5.41, 5.74) is -0.0753. The summed E-state index contributed by atoms with van der Waals surface area (Å²) in [6, 6.07) is 4.52. The average Bonchev–Trinajstić information content (AvgIpc) is 2.26. The predicted octanol–water partition coefficient (Wildman–Crippen LogP) is 2.23. The van der Waals surface area contributed by atoms with Crippen LogP contribution in [0.4, 0.5) is 0 Å². The van der Waals surface area contributed by atoms with Crippen molar-refractivity contribution in [2.24, 2.45) is 0 Å². The Balaban J connectivity index is 3.26. The van der Waals surface area contributed by atoms with E-state index in [-0.39, 0.29) is 16.3 Å². The topological polar surface area (TPSA) is 66.5 Å². The van der Waals surface area contributed by atoms with Gasteiger partial charge in [0.1, 0.15) is 0 Å². The molecule has 0 heterocycles. The van der Waals surface area contributed by atoms with Gasteiger partial charge in [-0.3, -0.25) is 4.79 Å². The molecule has 0 radical (unpaired) electrons. The summed E-state index contributed by atoms with van der Waals surface area (Å²) in [5, 5.41) is 2.80. The zero-order valence-electron chi connectivity index (χ0n) is 12.2. The van der Waals surface area contributed by atoms with Crippen LogP contribution in [0.25, 0.3) is 0 Å². The van der Waals surface area contributed by atoms with E-state index < -0.39 is 10.0 Å². The van der Waals surface area contributed by atoms with Crippen molar-refractivity contribution in [2.75, 3.05) is 14.1 Å². The van der Waals surface area contributed by atoms with E-state index in [0.29, 0.717) is 10.0 Å². The lowest BCUT2D eigenvalue weighted by molar-refractivity contribution is 0.0919. The molecule has 0 aliphatic heterocycles. The fraction of sp³-hybridized carbons (Fsp3) is 0.462. The number of carbonyl (C=O) groups excluding carboxylic acids is 1. The van der Waals surface area contributed by atoms with Gasteiger partial charge >= 0.3 is 0 Å². The van der Waals surface area contributed by atoms with Crippen LogP contribution in [-0.4, -0.2) is 38.3 Å². The van der Waals surface area contributed by atoms with Crippen LogP contribution in [0.3, 0.4) is 0 Å². The first-order valence-electron chi connectivity index (χ1n) is 6.00. The first kappa shape index (κ1) is 17.1. The van der Waals surface area contributed by atoms with E-state index in [1.165, 1.54) is 20.2 Å². The van der Waals surface area contributed by atoms with Crippen molar-refractivity contribution in [3.63, 3.8) is 0 Å². The van der Waals surface area contributed by atoms with Crippen molar-refractivity contribution in [3.8, 4) is 0 Å². The number of amides is 1. The molecule has 0 aliphatic rings. The standard InChI is InChI=1S/C13H19BrN2O3S/c1-13(2,3)15-12(17)9-6-7-10(14)11(8-9)20(18,19)16(4)5/h6-8H,1-5H3,(H,15,17). The zero-order chi connectivity index (χ0) is 15.7. The minimum absolute atomic E-state index is 0.0732. The van der Waals surface area contributed by atoms with Crippen molar-refractivity contribution in [1.82, 2.24) is 9.62 Å². The summed E-state index contributed by atoms with van der Waals surface area (Å²) in [6.07, 6.45) is 0. The maximum atomic E-state index is 12.2. The van der Waals surface area contributed by atoms with Gasteiger partial charge in [-0.2, -0.15) is 0 Å². The molecule has 0 aromatic heterocycles. The van der Waals surface area contributed by atoms with Gasteiger partial charge < -0.3 is 5.32 Å². The molecule has 1 aromatic rings. The van der Waals surface area contributed by atoms with Gasteiger partial charge in [-0.1, -0.05) is 0 Å². The van der Waals surface area contributed by atoms with Gasteiger partial charge in [-0.25, -0.2) is 12.7 Å². The van der Waals surface area contributed by atoms with E-state index in [2.05, 4.69) is 21.2 Å². The average molecular weight is 363 g/mol. The smallest absolute Gasteiger partial charge is 0.251 e. The molecule has 0 saturated carbocycles. The van der Waals surface area contributed by atoms with Crippen LogP contribution in [-0.2, 0) is 10.0 Å². The largest absolute Gasteiger partial charge is 0.347 e. The Morgan fingerprint density at radius 2 is 1.80 bits per heavy atom. The number of nitrogens with zero attached hydrogens (tertiary/aromatic N) is 1. The molecule has 1 amide bonds. The molecule has 5 nitrogen and oxygen atoms in total. The monoisotopic (exact) mass is 362 g/mol. The van der Waals surface area contributed by atoms with Crippen molar-refractivity contribution in [3.05, 3.63) is 28.2 Å². The summed E-state index contributed by atoms with van der Waals surface area (Å²) < 4.78 is 25.9. The Kier molecular flexibility index (Phi) is 4.99. The second-order valence-corrected chi connectivity index (χ2v) is 8.61. The first-order chi connectivity index (χ1) is 8.95. The highest BCUT2D eigenvalue weighted by atomic mass is 79.9. The normalized spacial score (nSPS) is 12.6. The summed E-state index contributed by atoms with van der Waals surface area (Å²) in [6.45, 7) is 5.59. The van der Waals surface area contributed by atoms with Crippen LogP contribution in [0.5, 0.6) is 0 Å². The van der Waals surface area contributed by atoms with Gasteiger partial charge in [-0.15, -0.1) is 0 Å². The predicted molar refractivity (Wildman–Crippen MR) is 82.2 cm³/mol. The first-order valence-corrected chi connectivity index (χ1v) is 8.23. The Bertz CT molecular complexity index is 619. The summed E-state index contributed by atoms with van der Waals surface area (Å²) in [5.74, 6) is -0.305. The van der Waals surface area contributed by atoms with Gasteiger partial charge in [0.25, 0.3) is 5.91 Å². The number of carbonyl (C=O) groups is 1. The fourth-order valence-corrected chi connectivity index (χ4v) is 3.30. The second-order valence-electron chi connectivity index (χ2n) is 5.64. The highest BCUT2D eigenvalue weighted by Gasteiger charge is 2.23. The highest BCUT2D eigenvalue weighted by molar-refractivity contribution is 9.10. The lowest BCUT2D eigenvalue weighted by atomic mass is 10.1. The molecule has 7 heteroatoms. The third-order valence-electron chi connectivity index (χ3n) is 2.44. The zero-order valence-corrected chi connectivity index (χ0v) is 14.6. The summed E-state index contributed by atoms with van der Waals surface area (Å²) in [7, 11) is -0.705. The third kappa shape index (κ3) is 4.04. The fourth-order valence-electron chi connectivity index (χ4n) is 1.45. The maximum absolute atomic E-state index is 12.2. The molecule has 0 fully saturated rings. The molecule has 0 spiro atoms. The highest BCUT2D eigenvalue weighted by Crippen LogP contribution is 2.25. The molecule has 0 saturated heterocycles. The second kappa shape index (κ2) is 5.83. The molecule has 0 atom stereocenters. The van der Waals surface area contributed by atoms with Gasteiger partial charge in [0.15, 0.2) is 0 Å². The van der Waals surface area contributed by atoms with Crippen LogP contribution in [0.15, 0.2) is 27.6 Å². The third-order valence-corrected chi connectivity index (χ3v) is 5.25. The lowest BCUT2D eigenvalue weighted by Gasteiger charge is -2.21. The Morgan fingerprint density at radius 3 is 2.25 bits per heavy atom. The Labute approximate surface area is 128 Å². The number of hydrogen-bond acceptors (Lipinski definition) is 3. The van der Waals surface area contributed by atoms with E-state index in [1.54, 1.807) is 12.1 Å². The van der Waals surface area contributed by atoms with Gasteiger partial charge in [0.2, 0.25) is 10.0 Å². The van der Waals surface area contributed by atoms with Crippen LogP contribution >= 0.6 is 15.9 Å². The number of hydrogen-bond donors (Lipinski definition) is 1. The SMILES string of the molecule is CN(C)S(=O)(=O)c1cc(C(=O)NC(C)(C)C)ccc1Br. The van der Waals surface area contributed by atoms with Gasteiger partial charge in [-0.05, 0) is 54.9 Å². The molecule has 1 aromatic carbocycles. The molecular formula is C13H19BrN2O3S. The molecule has 1 rings (SSSR count). The molecule has 0 unspecified atom stereocenters. The van der Waals surface area contributed by atoms with E-state index in [1.807, 2.05) is 20.8 Å². The number of halogens is 1. The van der Waals surface area contributed by atoms with Crippen molar-refractivity contribution in [2.45, 2.75) is 31.2 Å². The molecule has 0 aliphatic carbocycles. The van der Waals surface area contributed by atoms with Crippen LogP contribution in [0.1, 0.15) is 31.1 Å². The molecule has 1 N–H and O–H groups in total. The van der Waals surface area contributed by atoms with Crippen LogP contribution < -0.4 is 5.32 Å². The van der Waals surface area contributed by atoms with Crippen molar-refractivity contribution in [1.29, 1.82) is 0 Å². The molecular weight excluding hydrogens is 344 g/mol. The maximum Gasteiger partial charge on any atom is 0.251 e. The van der Waals surface area contributed by atoms with E-state index in [0.717, 1.165) is 4.31 Å². The minimum Gasteiger partial charge on any atom is -0.347 e. The van der Waals surface area contributed by atoms with Crippen molar-refractivity contribution < 1.29 is 13.2 Å². The Hall–Kier alpha value is -0.920. The van der Waals surface area contributed by atoms with E-state index in [9.17, 15) is 13.2 Å². The van der Waals surface area contributed by atoms with Crippen LogP contribution in [0.2, 0.25) is 0 Å². The molecule has 20 heavy (non-hydrogen) atoms. The van der Waals surface area contributed by atoms with Gasteiger partial charge in [0, 0.05) is 29.7 Å². The Morgan fingerprint density at radius 1 is 1.25 bits per heavy atom. The molecule has 112 valence electrons. The van der Waals surface area contributed by atoms with Gasteiger partial charge in [0.05, 0.1) is 4.90 Å². The number of nitrogens with one attached hydrogen (secondary N) is 1. The molecule has 0 bridgehead atoms. The lowest BCUT2D eigenvalue weighted by Crippen LogP contribution is -2.40. The van der Waals surface area contributed by atoms with E-state index >= 15 is 0 Å². The summed E-state index contributed by atoms with van der Waals surface area (Å²) in [4.78, 5) is 12.2. The summed E-state index contributed by atoms with van der Waals surface area (Å²) >= 11 is 3.21.